The third-order valence-electron chi connectivity index (χ3n) is 3.09. The van der Waals surface area contributed by atoms with Gasteiger partial charge in [0.1, 0.15) is 10.6 Å². The van der Waals surface area contributed by atoms with Crippen molar-refractivity contribution in [2.45, 2.75) is 59.1 Å². The highest BCUT2D eigenvalue weighted by atomic mass is 32.1. The van der Waals surface area contributed by atoms with E-state index >= 15 is 0 Å². The number of hydrogen-bond acceptors (Lipinski definition) is 9. The van der Waals surface area contributed by atoms with Crippen molar-refractivity contribution in [3.8, 4) is 0 Å². The van der Waals surface area contributed by atoms with Gasteiger partial charge < -0.3 is 9.47 Å². The summed E-state index contributed by atoms with van der Waals surface area (Å²) in [5.74, 6) is -0.919. The Bertz CT molecular complexity index is 750. The van der Waals surface area contributed by atoms with Gasteiger partial charge in [0.25, 0.3) is 0 Å². The van der Waals surface area contributed by atoms with Crippen LogP contribution in [-0.4, -0.2) is 49.3 Å². The van der Waals surface area contributed by atoms with Gasteiger partial charge in [-0.3, -0.25) is 4.68 Å². The van der Waals surface area contributed by atoms with E-state index in [1.807, 2.05) is 0 Å². The number of unbranched alkanes of at least 4 members (excludes halogenated alkanes) is 1. The topological polar surface area (TPSA) is 109 Å². The van der Waals surface area contributed by atoms with Gasteiger partial charge in [-0.05, 0) is 40.5 Å². The summed E-state index contributed by atoms with van der Waals surface area (Å²) in [4.78, 5) is 23.4. The first kappa shape index (κ1) is 20.0. The van der Waals surface area contributed by atoms with Gasteiger partial charge in [0.05, 0.1) is 12.8 Å². The number of aromatic nitrogens is 5. The fourth-order valence-electron chi connectivity index (χ4n) is 2.01. The summed E-state index contributed by atoms with van der Waals surface area (Å²) < 4.78 is 11.8. The van der Waals surface area contributed by atoms with Gasteiger partial charge in [-0.25, -0.2) is 9.59 Å². The van der Waals surface area contributed by atoms with Crippen LogP contribution in [0.5, 0.6) is 0 Å². The second kappa shape index (κ2) is 8.84. The Kier molecular flexibility index (Phi) is 6.78. The van der Waals surface area contributed by atoms with Crippen LogP contribution in [0, 0.1) is 0 Å². The molecule has 0 unspecified atom stereocenters. The Hall–Kier alpha value is -2.36. The quantitative estimate of drug-likeness (QED) is 0.506. The SMILES string of the molecule is CCOC(=O)c1nnc(CCCCn2cc(C(=O)OC(C)(C)C)nn2)s1. The molecule has 0 amide bonds. The molecule has 142 valence electrons. The number of esters is 2. The summed E-state index contributed by atoms with van der Waals surface area (Å²) in [6.45, 7) is 8.09. The normalized spacial score (nSPS) is 11.4. The highest BCUT2D eigenvalue weighted by Crippen LogP contribution is 2.14. The van der Waals surface area contributed by atoms with E-state index in [2.05, 4.69) is 20.5 Å². The molecule has 0 radical (unpaired) electrons. The van der Waals surface area contributed by atoms with E-state index in [4.69, 9.17) is 9.47 Å². The number of aryl methyl sites for hydroxylation is 2. The third-order valence-corrected chi connectivity index (χ3v) is 4.05. The zero-order valence-electron chi connectivity index (χ0n) is 15.4. The maximum atomic E-state index is 11.9. The minimum atomic E-state index is -0.564. The summed E-state index contributed by atoms with van der Waals surface area (Å²) in [6, 6.07) is 0. The highest BCUT2D eigenvalue weighted by molar-refractivity contribution is 7.13. The first-order valence-corrected chi connectivity index (χ1v) is 9.23. The number of nitrogens with zero attached hydrogens (tertiary/aromatic N) is 5. The molecule has 10 heteroatoms. The van der Waals surface area contributed by atoms with Gasteiger partial charge >= 0.3 is 11.9 Å². The number of ether oxygens (including phenoxy) is 2. The second-order valence-electron chi connectivity index (χ2n) is 6.55. The van der Waals surface area contributed by atoms with Crippen molar-refractivity contribution in [2.75, 3.05) is 6.61 Å². The maximum absolute atomic E-state index is 11.9. The molecule has 0 N–H and O–H groups in total. The van der Waals surface area contributed by atoms with Crippen LogP contribution in [0.1, 0.15) is 65.8 Å². The van der Waals surface area contributed by atoms with Gasteiger partial charge in [-0.15, -0.1) is 15.3 Å². The minimum Gasteiger partial charge on any atom is -0.461 e. The number of rotatable bonds is 8. The average Bonchev–Trinajstić information content (AvgIpc) is 3.20. The summed E-state index contributed by atoms with van der Waals surface area (Å²) in [5, 5.41) is 16.7. The standard InChI is InChI=1S/C16H23N5O4S/c1-5-24-15(23)13-19-18-12(26-13)8-6-7-9-21-10-11(17-20-21)14(22)25-16(2,3)4/h10H,5-9H2,1-4H3. The van der Waals surface area contributed by atoms with E-state index in [0.29, 0.717) is 19.6 Å². The lowest BCUT2D eigenvalue weighted by Gasteiger charge is -2.18. The van der Waals surface area contributed by atoms with E-state index < -0.39 is 17.5 Å². The lowest BCUT2D eigenvalue weighted by molar-refractivity contribution is 0.00624. The molecule has 0 aliphatic carbocycles. The minimum absolute atomic E-state index is 0.197. The van der Waals surface area contributed by atoms with E-state index in [-0.39, 0.29) is 10.7 Å². The van der Waals surface area contributed by atoms with Crippen LogP contribution >= 0.6 is 11.3 Å². The molecular weight excluding hydrogens is 358 g/mol. The molecule has 2 heterocycles. The Morgan fingerprint density at radius 2 is 1.92 bits per heavy atom. The molecule has 0 fully saturated rings. The number of carbonyl (C=O) groups is 2. The molecule has 0 atom stereocenters. The summed E-state index contributed by atoms with van der Waals surface area (Å²) >= 11 is 1.25. The van der Waals surface area contributed by atoms with E-state index in [1.165, 1.54) is 11.3 Å². The molecule has 2 aromatic rings. The van der Waals surface area contributed by atoms with Crippen molar-refractivity contribution in [3.05, 3.63) is 21.9 Å². The van der Waals surface area contributed by atoms with Crippen LogP contribution in [0.15, 0.2) is 6.20 Å². The van der Waals surface area contributed by atoms with Crippen molar-refractivity contribution in [2.24, 2.45) is 0 Å². The van der Waals surface area contributed by atoms with Crippen molar-refractivity contribution in [1.29, 1.82) is 0 Å². The van der Waals surface area contributed by atoms with Crippen LogP contribution in [0.25, 0.3) is 0 Å². The predicted molar refractivity (Wildman–Crippen MR) is 94.0 cm³/mol. The van der Waals surface area contributed by atoms with Gasteiger partial charge in [0, 0.05) is 13.0 Å². The molecular formula is C16H23N5O4S. The number of carbonyl (C=O) groups excluding carboxylic acids is 2. The molecule has 26 heavy (non-hydrogen) atoms. The molecule has 0 bridgehead atoms. The van der Waals surface area contributed by atoms with Gasteiger partial charge in [0.2, 0.25) is 5.01 Å². The zero-order valence-corrected chi connectivity index (χ0v) is 16.2. The van der Waals surface area contributed by atoms with E-state index in [0.717, 1.165) is 17.8 Å². The van der Waals surface area contributed by atoms with Gasteiger partial charge in [-0.2, -0.15) is 0 Å². The van der Waals surface area contributed by atoms with Crippen LogP contribution in [0.4, 0.5) is 0 Å². The molecule has 0 aliphatic heterocycles. The first-order chi connectivity index (χ1) is 12.3. The van der Waals surface area contributed by atoms with Crippen LogP contribution in [-0.2, 0) is 22.4 Å². The largest absolute Gasteiger partial charge is 0.461 e. The summed E-state index contributed by atoms with van der Waals surface area (Å²) in [7, 11) is 0. The van der Waals surface area contributed by atoms with Crippen molar-refractivity contribution >= 4 is 23.3 Å². The monoisotopic (exact) mass is 381 g/mol. The third kappa shape index (κ3) is 6.17. The molecule has 0 saturated carbocycles. The Morgan fingerprint density at radius 3 is 2.62 bits per heavy atom. The van der Waals surface area contributed by atoms with E-state index in [1.54, 1.807) is 38.6 Å². The zero-order chi connectivity index (χ0) is 19.2. The molecule has 2 rings (SSSR count). The number of hydrogen-bond donors (Lipinski definition) is 0. The summed E-state index contributed by atoms with van der Waals surface area (Å²) in [6.07, 6.45) is 3.97. The Morgan fingerprint density at radius 1 is 1.15 bits per heavy atom. The smallest absolute Gasteiger partial charge is 0.369 e. The van der Waals surface area contributed by atoms with Crippen LogP contribution in [0.2, 0.25) is 0 Å². The van der Waals surface area contributed by atoms with Crippen LogP contribution in [0.3, 0.4) is 0 Å². The predicted octanol–water partition coefficient (Wildman–Crippen LogP) is 2.28. The van der Waals surface area contributed by atoms with E-state index in [9.17, 15) is 9.59 Å². The second-order valence-corrected chi connectivity index (χ2v) is 7.61. The van der Waals surface area contributed by atoms with Gasteiger partial charge in [-0.1, -0.05) is 16.6 Å². The average molecular weight is 381 g/mol. The highest BCUT2D eigenvalue weighted by Gasteiger charge is 2.20. The van der Waals surface area contributed by atoms with Crippen molar-refractivity contribution < 1.29 is 19.1 Å². The Balaban J connectivity index is 1.75. The molecule has 2 aromatic heterocycles. The lowest BCUT2D eigenvalue weighted by atomic mass is 10.2. The van der Waals surface area contributed by atoms with Crippen LogP contribution < -0.4 is 0 Å². The Labute approximate surface area is 155 Å². The van der Waals surface area contributed by atoms with Gasteiger partial charge in [0.15, 0.2) is 5.69 Å². The lowest BCUT2D eigenvalue weighted by Crippen LogP contribution is -2.24. The maximum Gasteiger partial charge on any atom is 0.369 e. The molecule has 0 saturated heterocycles. The first-order valence-electron chi connectivity index (χ1n) is 8.41. The van der Waals surface area contributed by atoms with Crippen molar-refractivity contribution in [1.82, 2.24) is 25.2 Å². The molecule has 9 nitrogen and oxygen atoms in total. The molecule has 0 spiro atoms. The fraction of sp³-hybridized carbons (Fsp3) is 0.625. The summed E-state index contributed by atoms with van der Waals surface area (Å²) in [5.41, 5.74) is -0.367. The fourth-order valence-corrected chi connectivity index (χ4v) is 2.79. The molecule has 0 aliphatic rings. The van der Waals surface area contributed by atoms with Crippen molar-refractivity contribution in [3.63, 3.8) is 0 Å². The molecule has 0 aromatic carbocycles.